The number of aromatic nitrogens is 1. The highest BCUT2D eigenvalue weighted by Crippen LogP contribution is 2.31. The number of hydrogen-bond donors (Lipinski definition) is 1. The highest BCUT2D eigenvalue weighted by molar-refractivity contribution is 6.30. The van der Waals surface area contributed by atoms with E-state index in [0.29, 0.717) is 5.02 Å². The van der Waals surface area contributed by atoms with Crippen molar-refractivity contribution in [2.75, 3.05) is 0 Å². The third kappa shape index (κ3) is 4.19. The van der Waals surface area contributed by atoms with Crippen LogP contribution in [0.3, 0.4) is 0 Å². The van der Waals surface area contributed by atoms with Crippen molar-refractivity contribution >= 4 is 11.6 Å². The van der Waals surface area contributed by atoms with E-state index in [1.165, 1.54) is 0 Å². The lowest BCUT2D eigenvalue weighted by atomic mass is 10.1. The van der Waals surface area contributed by atoms with Crippen LogP contribution in [0.25, 0.3) is 0 Å². The summed E-state index contributed by atoms with van der Waals surface area (Å²) in [6.07, 6.45) is 1.56. The van der Waals surface area contributed by atoms with Gasteiger partial charge in [0, 0.05) is 16.8 Å². The third-order valence-corrected chi connectivity index (χ3v) is 3.43. The van der Waals surface area contributed by atoms with Crippen LogP contribution in [0, 0.1) is 6.92 Å². The molecule has 3 nitrogen and oxygen atoms in total. The molecule has 0 aliphatic heterocycles. The van der Waals surface area contributed by atoms with Gasteiger partial charge in [-0.1, -0.05) is 24.6 Å². The zero-order chi connectivity index (χ0) is 15.4. The molecule has 0 fully saturated rings. The molecule has 0 aliphatic carbocycles. The zero-order valence-electron chi connectivity index (χ0n) is 12.7. The maximum Gasteiger partial charge on any atom is 0.148 e. The summed E-state index contributed by atoms with van der Waals surface area (Å²) < 4.78 is 6.07. The number of benzene rings is 1. The van der Waals surface area contributed by atoms with Crippen LogP contribution in [0.15, 0.2) is 30.3 Å². The smallest absolute Gasteiger partial charge is 0.148 e. The SMILES string of the molecule is CCc1nc(C)ccc1Oc1cc(Cl)ccc1CC(C)N. The fourth-order valence-electron chi connectivity index (χ4n) is 2.20. The molecule has 1 atom stereocenters. The predicted octanol–water partition coefficient (Wildman–Crippen LogP) is 4.29. The second-order valence-corrected chi connectivity index (χ2v) is 5.72. The standard InChI is InChI=1S/C17H21ClN2O/c1-4-15-16(8-5-12(3)20-15)21-17-10-14(18)7-6-13(17)9-11(2)19/h5-8,10-11H,4,9,19H2,1-3H3. The van der Waals surface area contributed by atoms with Gasteiger partial charge in [-0.15, -0.1) is 0 Å². The van der Waals surface area contributed by atoms with Crippen molar-refractivity contribution in [3.63, 3.8) is 0 Å². The fraction of sp³-hybridized carbons (Fsp3) is 0.353. The first-order valence-electron chi connectivity index (χ1n) is 7.18. The van der Waals surface area contributed by atoms with Crippen molar-refractivity contribution < 1.29 is 4.74 Å². The van der Waals surface area contributed by atoms with Crippen LogP contribution in [0.1, 0.15) is 30.8 Å². The second-order valence-electron chi connectivity index (χ2n) is 5.29. The molecule has 0 bridgehead atoms. The molecular weight excluding hydrogens is 284 g/mol. The normalized spacial score (nSPS) is 12.2. The molecule has 1 unspecified atom stereocenters. The summed E-state index contributed by atoms with van der Waals surface area (Å²) in [5.41, 5.74) is 8.89. The fourth-order valence-corrected chi connectivity index (χ4v) is 2.36. The van der Waals surface area contributed by atoms with E-state index in [4.69, 9.17) is 22.1 Å². The number of ether oxygens (including phenoxy) is 1. The molecule has 112 valence electrons. The summed E-state index contributed by atoms with van der Waals surface area (Å²) in [5.74, 6) is 1.52. The van der Waals surface area contributed by atoms with Gasteiger partial charge in [-0.05, 0) is 56.5 Å². The Balaban J connectivity index is 2.36. The molecule has 0 saturated heterocycles. The third-order valence-electron chi connectivity index (χ3n) is 3.20. The van der Waals surface area contributed by atoms with Gasteiger partial charge in [-0.3, -0.25) is 4.98 Å². The van der Waals surface area contributed by atoms with Gasteiger partial charge in [0.15, 0.2) is 0 Å². The number of halogens is 1. The monoisotopic (exact) mass is 304 g/mol. The van der Waals surface area contributed by atoms with Crippen LogP contribution < -0.4 is 10.5 Å². The van der Waals surface area contributed by atoms with Crippen molar-refractivity contribution in [1.29, 1.82) is 0 Å². The summed E-state index contributed by atoms with van der Waals surface area (Å²) in [4.78, 5) is 4.52. The maximum atomic E-state index is 6.09. The minimum atomic E-state index is 0.0651. The van der Waals surface area contributed by atoms with Crippen LogP contribution in [-0.4, -0.2) is 11.0 Å². The van der Waals surface area contributed by atoms with Gasteiger partial charge in [0.25, 0.3) is 0 Å². The molecule has 2 aromatic rings. The average Bonchev–Trinajstić information content (AvgIpc) is 2.43. The second kappa shape index (κ2) is 6.92. The largest absolute Gasteiger partial charge is 0.455 e. The topological polar surface area (TPSA) is 48.1 Å². The van der Waals surface area contributed by atoms with Crippen molar-refractivity contribution in [1.82, 2.24) is 4.98 Å². The number of rotatable bonds is 5. The summed E-state index contributed by atoms with van der Waals surface area (Å²) in [7, 11) is 0. The molecule has 1 aromatic carbocycles. The Morgan fingerprint density at radius 1 is 1.24 bits per heavy atom. The van der Waals surface area contributed by atoms with Crippen molar-refractivity contribution in [2.24, 2.45) is 5.73 Å². The van der Waals surface area contributed by atoms with E-state index in [0.717, 1.165) is 41.3 Å². The Hall–Kier alpha value is -1.58. The molecular formula is C17H21ClN2O. The molecule has 4 heteroatoms. The molecule has 2 N–H and O–H groups in total. The van der Waals surface area contributed by atoms with E-state index in [1.807, 2.05) is 44.2 Å². The first kappa shape index (κ1) is 15.8. The Morgan fingerprint density at radius 2 is 2.00 bits per heavy atom. The molecule has 0 aliphatic rings. The van der Waals surface area contributed by atoms with E-state index in [1.54, 1.807) is 0 Å². The van der Waals surface area contributed by atoms with Crippen molar-refractivity contribution in [3.8, 4) is 11.5 Å². The van der Waals surface area contributed by atoms with Crippen LogP contribution in [-0.2, 0) is 12.8 Å². The number of nitrogens with two attached hydrogens (primary N) is 1. The number of nitrogens with zero attached hydrogens (tertiary/aromatic N) is 1. The van der Waals surface area contributed by atoms with Crippen LogP contribution in [0.2, 0.25) is 5.02 Å². The van der Waals surface area contributed by atoms with E-state index >= 15 is 0 Å². The quantitative estimate of drug-likeness (QED) is 0.896. The summed E-state index contributed by atoms with van der Waals surface area (Å²) >= 11 is 6.09. The molecule has 1 heterocycles. The summed E-state index contributed by atoms with van der Waals surface area (Å²) in [6.45, 7) is 6.02. The lowest BCUT2D eigenvalue weighted by molar-refractivity contribution is 0.464. The minimum absolute atomic E-state index is 0.0651. The maximum absolute atomic E-state index is 6.09. The Bertz CT molecular complexity index is 626. The van der Waals surface area contributed by atoms with Crippen LogP contribution in [0.5, 0.6) is 11.5 Å². The van der Waals surface area contributed by atoms with E-state index in [9.17, 15) is 0 Å². The van der Waals surface area contributed by atoms with Crippen molar-refractivity contribution in [2.45, 2.75) is 39.7 Å². The van der Waals surface area contributed by atoms with E-state index in [2.05, 4.69) is 11.9 Å². The number of hydrogen-bond acceptors (Lipinski definition) is 3. The lowest BCUT2D eigenvalue weighted by Gasteiger charge is -2.15. The summed E-state index contributed by atoms with van der Waals surface area (Å²) in [6, 6.07) is 9.63. The first-order chi connectivity index (χ1) is 9.99. The molecule has 0 saturated carbocycles. The van der Waals surface area contributed by atoms with Gasteiger partial charge in [-0.2, -0.15) is 0 Å². The predicted molar refractivity (Wildman–Crippen MR) is 87.2 cm³/mol. The highest BCUT2D eigenvalue weighted by Gasteiger charge is 2.11. The van der Waals surface area contributed by atoms with E-state index in [-0.39, 0.29) is 6.04 Å². The zero-order valence-corrected chi connectivity index (χ0v) is 13.4. The average molecular weight is 305 g/mol. The van der Waals surface area contributed by atoms with Gasteiger partial charge in [0.2, 0.25) is 0 Å². The van der Waals surface area contributed by atoms with Crippen LogP contribution in [0.4, 0.5) is 0 Å². The van der Waals surface area contributed by atoms with Gasteiger partial charge in [0.05, 0.1) is 5.69 Å². The molecule has 1 aromatic heterocycles. The number of pyridine rings is 1. The molecule has 0 radical (unpaired) electrons. The van der Waals surface area contributed by atoms with Gasteiger partial charge >= 0.3 is 0 Å². The van der Waals surface area contributed by atoms with Gasteiger partial charge in [0.1, 0.15) is 11.5 Å². The Labute approximate surface area is 131 Å². The number of aryl methyl sites for hydroxylation is 2. The van der Waals surface area contributed by atoms with Crippen molar-refractivity contribution in [3.05, 3.63) is 52.3 Å². The summed E-state index contributed by atoms with van der Waals surface area (Å²) in [5, 5.41) is 0.650. The molecule has 0 amide bonds. The van der Waals surface area contributed by atoms with E-state index < -0.39 is 0 Å². The minimum Gasteiger partial charge on any atom is -0.455 e. The first-order valence-corrected chi connectivity index (χ1v) is 7.55. The lowest BCUT2D eigenvalue weighted by Crippen LogP contribution is -2.18. The molecule has 21 heavy (non-hydrogen) atoms. The van der Waals surface area contributed by atoms with Gasteiger partial charge < -0.3 is 10.5 Å². The molecule has 2 rings (SSSR count). The Kier molecular flexibility index (Phi) is 5.21. The highest BCUT2D eigenvalue weighted by atomic mass is 35.5. The van der Waals surface area contributed by atoms with Crippen LogP contribution >= 0.6 is 11.6 Å². The van der Waals surface area contributed by atoms with Gasteiger partial charge in [-0.25, -0.2) is 0 Å². The molecule has 0 spiro atoms. The Morgan fingerprint density at radius 3 is 2.67 bits per heavy atom.